The molecule has 0 bridgehead atoms. The van der Waals surface area contributed by atoms with E-state index in [4.69, 9.17) is 8.94 Å². The Morgan fingerprint density at radius 1 is 1.30 bits per heavy atom. The Labute approximate surface area is 113 Å². The van der Waals surface area contributed by atoms with Gasteiger partial charge in [-0.25, -0.2) is 4.39 Å². The number of oxazole rings is 1. The van der Waals surface area contributed by atoms with Gasteiger partial charge in [0.25, 0.3) is 6.01 Å². The molecule has 20 heavy (non-hydrogen) atoms. The van der Waals surface area contributed by atoms with Gasteiger partial charge in [-0.05, 0) is 25.0 Å². The summed E-state index contributed by atoms with van der Waals surface area (Å²) in [7, 11) is 0. The molecule has 1 aliphatic carbocycles. The lowest BCUT2D eigenvalue weighted by Crippen LogP contribution is -1.99. The van der Waals surface area contributed by atoms with E-state index in [0.29, 0.717) is 35.5 Å². The fraction of sp³-hybridized carbons (Fsp3) is 0.308. The average molecular weight is 274 g/mol. The lowest BCUT2D eigenvalue weighted by atomic mass is 10.3. The van der Waals surface area contributed by atoms with Gasteiger partial charge in [-0.15, -0.1) is 0 Å². The molecule has 1 saturated carbocycles. The SMILES string of the molecule is Fc1ccc2oc(NCc3nc(C4CC4)no3)nc2c1. The first-order valence-corrected chi connectivity index (χ1v) is 6.40. The van der Waals surface area contributed by atoms with Gasteiger partial charge in [-0.3, -0.25) is 0 Å². The second-order valence-corrected chi connectivity index (χ2v) is 4.81. The number of benzene rings is 1. The number of nitrogens with one attached hydrogen (secondary N) is 1. The van der Waals surface area contributed by atoms with Crippen LogP contribution in [0, 0.1) is 5.82 Å². The minimum absolute atomic E-state index is 0.303. The molecule has 3 aromatic rings. The molecule has 1 fully saturated rings. The number of nitrogens with zero attached hydrogens (tertiary/aromatic N) is 3. The molecule has 0 radical (unpaired) electrons. The van der Waals surface area contributed by atoms with E-state index in [2.05, 4.69) is 20.4 Å². The van der Waals surface area contributed by atoms with Crippen LogP contribution in [-0.4, -0.2) is 15.1 Å². The number of hydrogen-bond acceptors (Lipinski definition) is 6. The zero-order chi connectivity index (χ0) is 13.5. The number of hydrogen-bond donors (Lipinski definition) is 1. The minimum atomic E-state index is -0.344. The van der Waals surface area contributed by atoms with Crippen molar-refractivity contribution in [2.45, 2.75) is 25.3 Å². The summed E-state index contributed by atoms with van der Waals surface area (Å²) in [6, 6.07) is 4.50. The lowest BCUT2D eigenvalue weighted by molar-refractivity contribution is 0.377. The molecule has 2 aromatic heterocycles. The topological polar surface area (TPSA) is 77.0 Å². The number of anilines is 1. The zero-order valence-electron chi connectivity index (χ0n) is 10.5. The Bertz CT molecular complexity index is 763. The van der Waals surface area contributed by atoms with Gasteiger partial charge in [0.05, 0.1) is 6.54 Å². The van der Waals surface area contributed by atoms with Crippen molar-refractivity contribution < 1.29 is 13.3 Å². The van der Waals surface area contributed by atoms with Crippen LogP contribution in [0.5, 0.6) is 0 Å². The molecule has 2 heterocycles. The highest BCUT2D eigenvalue weighted by Gasteiger charge is 2.28. The standard InChI is InChI=1S/C13H11FN4O2/c14-8-3-4-10-9(5-8)16-13(19-10)15-6-11-17-12(18-20-11)7-1-2-7/h3-5,7H,1-2,6H2,(H,15,16). The van der Waals surface area contributed by atoms with E-state index >= 15 is 0 Å². The fourth-order valence-electron chi connectivity index (χ4n) is 1.97. The number of halogens is 1. The Morgan fingerprint density at radius 2 is 2.20 bits per heavy atom. The molecule has 1 aliphatic rings. The highest BCUT2D eigenvalue weighted by Crippen LogP contribution is 2.38. The van der Waals surface area contributed by atoms with Crippen LogP contribution in [0.15, 0.2) is 27.1 Å². The predicted octanol–water partition coefficient (Wildman–Crippen LogP) is 2.84. The third-order valence-electron chi connectivity index (χ3n) is 3.17. The first-order valence-electron chi connectivity index (χ1n) is 6.40. The second kappa shape index (κ2) is 4.29. The molecule has 6 nitrogen and oxygen atoms in total. The van der Waals surface area contributed by atoms with Crippen molar-refractivity contribution in [1.82, 2.24) is 15.1 Å². The van der Waals surface area contributed by atoms with Gasteiger partial charge in [0.1, 0.15) is 11.3 Å². The van der Waals surface area contributed by atoms with Crippen LogP contribution < -0.4 is 5.32 Å². The molecule has 0 unspecified atom stereocenters. The average Bonchev–Trinajstić information content (AvgIpc) is 3.04. The summed E-state index contributed by atoms with van der Waals surface area (Å²) < 4.78 is 23.6. The third kappa shape index (κ3) is 2.11. The highest BCUT2D eigenvalue weighted by atomic mass is 19.1. The first-order chi connectivity index (χ1) is 9.78. The smallest absolute Gasteiger partial charge is 0.296 e. The maximum atomic E-state index is 13.0. The molecule has 7 heteroatoms. The number of aromatic nitrogens is 3. The molecule has 0 amide bonds. The molecule has 1 N–H and O–H groups in total. The lowest BCUT2D eigenvalue weighted by Gasteiger charge is -1.94. The Balaban J connectivity index is 1.48. The van der Waals surface area contributed by atoms with Crippen molar-refractivity contribution in [3.05, 3.63) is 35.7 Å². The van der Waals surface area contributed by atoms with Gasteiger partial charge in [0.2, 0.25) is 5.89 Å². The molecule has 0 saturated heterocycles. The van der Waals surface area contributed by atoms with E-state index in [1.165, 1.54) is 12.1 Å². The summed E-state index contributed by atoms with van der Waals surface area (Å²) in [6.07, 6.45) is 2.26. The maximum absolute atomic E-state index is 13.0. The van der Waals surface area contributed by atoms with Crippen molar-refractivity contribution in [2.24, 2.45) is 0 Å². The predicted molar refractivity (Wildman–Crippen MR) is 67.6 cm³/mol. The Morgan fingerprint density at radius 3 is 3.05 bits per heavy atom. The highest BCUT2D eigenvalue weighted by molar-refractivity contribution is 5.74. The van der Waals surface area contributed by atoms with Crippen molar-refractivity contribution in [3.8, 4) is 0 Å². The second-order valence-electron chi connectivity index (χ2n) is 4.81. The zero-order valence-corrected chi connectivity index (χ0v) is 10.5. The fourth-order valence-corrected chi connectivity index (χ4v) is 1.97. The maximum Gasteiger partial charge on any atom is 0.296 e. The van der Waals surface area contributed by atoms with Crippen LogP contribution in [0.4, 0.5) is 10.4 Å². The minimum Gasteiger partial charge on any atom is -0.424 e. The van der Waals surface area contributed by atoms with Crippen molar-refractivity contribution >= 4 is 17.1 Å². The molecular weight excluding hydrogens is 263 g/mol. The van der Waals surface area contributed by atoms with E-state index in [1.54, 1.807) is 6.07 Å². The van der Waals surface area contributed by atoms with E-state index in [1.807, 2.05) is 0 Å². The number of fused-ring (bicyclic) bond motifs is 1. The Hall–Kier alpha value is -2.44. The summed E-state index contributed by atoms with van der Waals surface area (Å²) in [5.41, 5.74) is 0.995. The molecule has 0 spiro atoms. The van der Waals surface area contributed by atoms with Gasteiger partial charge in [0, 0.05) is 12.0 Å². The van der Waals surface area contributed by atoms with Gasteiger partial charge in [-0.2, -0.15) is 9.97 Å². The monoisotopic (exact) mass is 274 g/mol. The molecular formula is C13H11FN4O2. The summed E-state index contributed by atoms with van der Waals surface area (Å²) >= 11 is 0. The third-order valence-corrected chi connectivity index (χ3v) is 3.17. The number of rotatable bonds is 4. The molecule has 0 aliphatic heterocycles. The van der Waals surface area contributed by atoms with E-state index < -0.39 is 0 Å². The van der Waals surface area contributed by atoms with E-state index in [-0.39, 0.29) is 5.82 Å². The van der Waals surface area contributed by atoms with Gasteiger partial charge >= 0.3 is 0 Å². The van der Waals surface area contributed by atoms with Crippen LogP contribution in [0.3, 0.4) is 0 Å². The molecule has 102 valence electrons. The summed E-state index contributed by atoms with van der Waals surface area (Å²) in [6.45, 7) is 0.328. The van der Waals surface area contributed by atoms with E-state index in [0.717, 1.165) is 18.7 Å². The quantitative estimate of drug-likeness (QED) is 0.788. The molecule has 1 aromatic carbocycles. The first kappa shape index (κ1) is 11.4. The van der Waals surface area contributed by atoms with E-state index in [9.17, 15) is 4.39 Å². The van der Waals surface area contributed by atoms with Gasteiger partial charge in [0.15, 0.2) is 11.4 Å². The van der Waals surface area contributed by atoms with Crippen LogP contribution in [0.1, 0.15) is 30.5 Å². The molecule has 0 atom stereocenters. The van der Waals surface area contributed by atoms with Crippen LogP contribution in [0.25, 0.3) is 11.1 Å². The van der Waals surface area contributed by atoms with Crippen molar-refractivity contribution in [3.63, 3.8) is 0 Å². The van der Waals surface area contributed by atoms with Gasteiger partial charge in [-0.1, -0.05) is 5.16 Å². The summed E-state index contributed by atoms with van der Waals surface area (Å²) in [5, 5.41) is 6.86. The van der Waals surface area contributed by atoms with Gasteiger partial charge < -0.3 is 14.3 Å². The van der Waals surface area contributed by atoms with Crippen LogP contribution in [-0.2, 0) is 6.54 Å². The van der Waals surface area contributed by atoms with Crippen molar-refractivity contribution in [2.75, 3.05) is 5.32 Å². The largest absolute Gasteiger partial charge is 0.424 e. The van der Waals surface area contributed by atoms with Crippen LogP contribution >= 0.6 is 0 Å². The Kier molecular flexibility index (Phi) is 2.45. The summed E-state index contributed by atoms with van der Waals surface area (Å²) in [4.78, 5) is 8.42. The summed E-state index contributed by atoms with van der Waals surface area (Å²) in [5.74, 6) is 1.37. The van der Waals surface area contributed by atoms with Crippen LogP contribution in [0.2, 0.25) is 0 Å². The normalized spacial score (nSPS) is 14.8. The van der Waals surface area contributed by atoms with Crippen molar-refractivity contribution in [1.29, 1.82) is 0 Å². The molecule has 4 rings (SSSR count).